The summed E-state index contributed by atoms with van der Waals surface area (Å²) in [5.41, 5.74) is -2.92. The lowest BCUT2D eigenvalue weighted by atomic mass is 9.78. The van der Waals surface area contributed by atoms with E-state index >= 15 is 0 Å². The number of Topliss-reactive ketones (excluding diaryl/α,β-unsaturated/α-hetero) is 1. The number of non-ortho nitro benzene ring substituents is 1. The second-order valence-electron chi connectivity index (χ2n) is 16.6. The summed E-state index contributed by atoms with van der Waals surface area (Å²) in [6.07, 6.45) is 3.71. The molecule has 5 bridgehead atoms. The molecule has 3 aromatic carbocycles. The zero-order valence-corrected chi connectivity index (χ0v) is 37.8. The molecule has 6 rings (SSSR count). The predicted octanol–water partition coefficient (Wildman–Crippen LogP) is 6.04. The smallest absolute Gasteiger partial charge is 0.312 e. The van der Waals surface area contributed by atoms with E-state index in [9.17, 15) is 60.1 Å². The molecule has 0 aromatic heterocycles. The van der Waals surface area contributed by atoms with Crippen LogP contribution in [0.3, 0.4) is 0 Å². The van der Waals surface area contributed by atoms with Crippen molar-refractivity contribution >= 4 is 57.4 Å². The molecule has 21 nitrogen and oxygen atoms in total. The molecule has 3 aromatic rings. The Kier molecular flexibility index (Phi) is 14.8. The van der Waals surface area contributed by atoms with Gasteiger partial charge in [-0.2, -0.15) is 5.10 Å². The minimum Gasteiger partial charge on any atom is -0.507 e. The number of phenolic OH excluding ortho intramolecular Hbond substituents is 3. The van der Waals surface area contributed by atoms with E-state index in [1.807, 2.05) is 0 Å². The van der Waals surface area contributed by atoms with Gasteiger partial charge in [-0.05, 0) is 26.0 Å². The summed E-state index contributed by atoms with van der Waals surface area (Å²) in [5, 5.41) is 88.7. The molecule has 3 heterocycles. The second-order valence-corrected chi connectivity index (χ2v) is 16.6. The summed E-state index contributed by atoms with van der Waals surface area (Å²) in [6.45, 7) is 12.0. The number of allylic oxidation sites excluding steroid dienone is 2. The highest BCUT2D eigenvalue weighted by molar-refractivity contribution is 6.24. The number of carbonyl (C=O) groups is 3. The average molecular weight is 920 g/mol. The van der Waals surface area contributed by atoms with E-state index in [2.05, 4.69) is 10.4 Å². The molecule has 3 aliphatic heterocycles. The average Bonchev–Trinajstić information content (AvgIpc) is 3.53. The Hall–Kier alpha value is -7.10. The van der Waals surface area contributed by atoms with Crippen LogP contribution in [0.4, 0.5) is 22.7 Å². The first-order valence-corrected chi connectivity index (χ1v) is 20.7. The minimum atomic E-state index is -2.19. The number of nitrogens with zero attached hydrogens (tertiary/aromatic N) is 4. The topological polar surface area (TPSA) is 303 Å². The highest BCUT2D eigenvalue weighted by Gasteiger charge is 2.50. The number of aliphatic hydroxyl groups is 2. The van der Waals surface area contributed by atoms with Gasteiger partial charge >= 0.3 is 17.4 Å². The van der Waals surface area contributed by atoms with Gasteiger partial charge in [0.1, 0.15) is 29.0 Å². The van der Waals surface area contributed by atoms with Crippen LogP contribution in [0.5, 0.6) is 23.0 Å². The van der Waals surface area contributed by atoms with Gasteiger partial charge in [-0.15, -0.1) is 0 Å². The summed E-state index contributed by atoms with van der Waals surface area (Å²) < 4.78 is 23.4. The highest BCUT2D eigenvalue weighted by atomic mass is 16.7. The van der Waals surface area contributed by atoms with Crippen molar-refractivity contribution in [3.63, 3.8) is 0 Å². The summed E-state index contributed by atoms with van der Waals surface area (Å²) >= 11 is 0. The molecule has 0 aliphatic carbocycles. The van der Waals surface area contributed by atoms with Crippen molar-refractivity contribution in [2.45, 2.75) is 85.6 Å². The second kappa shape index (κ2) is 19.6. The first-order chi connectivity index (χ1) is 30.9. The Labute approximate surface area is 378 Å². The fourth-order valence-electron chi connectivity index (χ4n) is 8.12. The number of methoxy groups -OCH3 is 1. The largest absolute Gasteiger partial charge is 0.507 e. The fraction of sp³-hybridized carbons (Fsp3) is 0.422. The molecule has 0 spiro atoms. The number of aliphatic hydroxyl groups excluding tert-OH is 2. The molecule has 66 heavy (non-hydrogen) atoms. The molecule has 3 aliphatic rings. The first-order valence-electron chi connectivity index (χ1n) is 20.7. The number of ether oxygens (including phenoxy) is 4. The summed E-state index contributed by atoms with van der Waals surface area (Å²) in [6, 6.07) is 2.80. The Morgan fingerprint density at radius 2 is 1.62 bits per heavy atom. The van der Waals surface area contributed by atoms with Crippen molar-refractivity contribution in [1.82, 2.24) is 0 Å². The number of hydrogen-bond acceptors (Lipinski definition) is 18. The number of nitrogens with one attached hydrogen (secondary N) is 1. The van der Waals surface area contributed by atoms with Crippen LogP contribution in [0.25, 0.3) is 10.8 Å². The van der Waals surface area contributed by atoms with Crippen LogP contribution in [-0.4, -0.2) is 104 Å². The number of carbonyl (C=O) groups excluding carboxylic acids is 3. The number of anilines is 2. The standard InChI is InChI=1S/C45H53N5O16/c1-20-12-11-13-21(2)44(58)47-35-28(19-46-48(9)29-15-14-27(49(59)60)18-30(29)50(61)62)39(55)32-33(40(35)56)38(54)25(6)42-34(32)43(57)45(8,66-42)64-17-16-31(63-10)22(3)41(65-26(7)51)24(5)37(53)23(4)36(20)52/h11-20,22-24,31,36-37,41,52-56H,1-10H3,(H,47,58)/b12-11+,17-16+,21-13?,46-19+. The molecule has 9 atom stereocenters. The van der Waals surface area contributed by atoms with E-state index < -0.39 is 132 Å². The van der Waals surface area contributed by atoms with E-state index in [1.165, 1.54) is 60.1 Å². The van der Waals surface area contributed by atoms with Crippen LogP contribution in [0.2, 0.25) is 0 Å². The number of phenols is 3. The number of nitro benzene ring substituents is 2. The third-order valence-corrected chi connectivity index (χ3v) is 12.1. The molecule has 9 unspecified atom stereocenters. The van der Waals surface area contributed by atoms with Gasteiger partial charge in [0.25, 0.3) is 17.4 Å². The molecular weight excluding hydrogens is 867 g/mol. The first kappa shape index (κ1) is 49.9. The Morgan fingerprint density at radius 3 is 2.23 bits per heavy atom. The lowest BCUT2D eigenvalue weighted by Crippen LogP contribution is -2.46. The minimum absolute atomic E-state index is 0.0226. The van der Waals surface area contributed by atoms with E-state index in [0.29, 0.717) is 0 Å². The van der Waals surface area contributed by atoms with Crippen LogP contribution in [0.1, 0.15) is 70.0 Å². The Morgan fingerprint density at radius 1 is 0.955 bits per heavy atom. The van der Waals surface area contributed by atoms with Crippen molar-refractivity contribution < 1.29 is 68.7 Å². The highest BCUT2D eigenvalue weighted by Crippen LogP contribution is 2.55. The van der Waals surface area contributed by atoms with Gasteiger partial charge in [-0.25, -0.2) is 0 Å². The van der Waals surface area contributed by atoms with Gasteiger partial charge in [0.15, 0.2) is 5.75 Å². The third kappa shape index (κ3) is 9.49. The Bertz CT molecular complexity index is 2590. The summed E-state index contributed by atoms with van der Waals surface area (Å²) in [5.74, 6) is -9.93. The molecule has 0 fully saturated rings. The van der Waals surface area contributed by atoms with Gasteiger partial charge < -0.3 is 49.8 Å². The number of esters is 1. The number of benzene rings is 3. The maximum Gasteiger partial charge on any atom is 0.312 e. The van der Waals surface area contributed by atoms with Gasteiger partial charge in [-0.3, -0.25) is 39.6 Å². The zero-order chi connectivity index (χ0) is 49.3. The normalized spacial score (nSPS) is 27.2. The molecule has 0 saturated carbocycles. The van der Waals surface area contributed by atoms with Gasteiger partial charge in [0.2, 0.25) is 0 Å². The van der Waals surface area contributed by atoms with Crippen molar-refractivity contribution in [3.8, 4) is 23.0 Å². The maximum absolute atomic E-state index is 14.5. The fourth-order valence-corrected chi connectivity index (χ4v) is 8.12. The number of hydrazone groups is 1. The lowest BCUT2D eigenvalue weighted by molar-refractivity contribution is -0.393. The summed E-state index contributed by atoms with van der Waals surface area (Å²) in [7, 11) is 2.63. The van der Waals surface area contributed by atoms with Crippen molar-refractivity contribution in [3.05, 3.63) is 91.3 Å². The predicted molar refractivity (Wildman–Crippen MR) is 240 cm³/mol. The molecule has 0 saturated heterocycles. The zero-order valence-electron chi connectivity index (χ0n) is 37.8. The molecule has 0 radical (unpaired) electrons. The van der Waals surface area contributed by atoms with E-state index in [-0.39, 0.29) is 28.1 Å². The van der Waals surface area contributed by atoms with Gasteiger partial charge in [0.05, 0.1) is 68.9 Å². The van der Waals surface area contributed by atoms with Crippen LogP contribution in [-0.2, 0) is 23.8 Å². The van der Waals surface area contributed by atoms with Gasteiger partial charge in [0, 0.05) is 74.3 Å². The number of nitro groups is 2. The van der Waals surface area contributed by atoms with Crippen LogP contribution in [0, 0.1) is 50.8 Å². The quantitative estimate of drug-likeness (QED) is 0.0393. The van der Waals surface area contributed by atoms with Crippen LogP contribution < -0.4 is 15.1 Å². The van der Waals surface area contributed by atoms with E-state index in [1.54, 1.807) is 33.8 Å². The summed E-state index contributed by atoms with van der Waals surface area (Å²) in [4.78, 5) is 62.4. The van der Waals surface area contributed by atoms with Crippen molar-refractivity contribution in [2.75, 3.05) is 24.5 Å². The molecule has 354 valence electrons. The van der Waals surface area contributed by atoms with Crippen molar-refractivity contribution in [1.29, 1.82) is 0 Å². The number of hydrogen-bond donors (Lipinski definition) is 6. The number of fused-ring (bicyclic) bond motifs is 14. The molecular formula is C45H53N5O16. The van der Waals surface area contributed by atoms with Crippen molar-refractivity contribution in [2.24, 2.45) is 28.8 Å². The SMILES string of the molecule is COC1/C=C/OC2(C)Oc3c(C)c(O)c4c(O)c(c(/C=N/N(C)c5ccc([N+](=O)[O-])cc5[N+](=O)[O-])c(O)c4c3C2=O)NC(=O)C(C)=C/C=C/C(C)C(O)C(C)C(O)C(C)C(OC(C)=O)C1C. The third-order valence-electron chi connectivity index (χ3n) is 12.1. The van der Waals surface area contributed by atoms with Gasteiger partial charge in [-0.1, -0.05) is 45.9 Å². The molecule has 1 amide bonds. The van der Waals surface area contributed by atoms with E-state index in [0.717, 1.165) is 35.7 Å². The number of ketones is 1. The van der Waals surface area contributed by atoms with Crippen LogP contribution in [0.15, 0.2) is 59.4 Å². The number of rotatable bonds is 7. The number of aromatic hydroxyl groups is 3. The Balaban J connectivity index is 1.75. The molecule has 21 heteroatoms. The number of amides is 1. The monoisotopic (exact) mass is 919 g/mol. The molecule has 6 N–H and O–H groups in total. The maximum atomic E-state index is 14.5. The van der Waals surface area contributed by atoms with Crippen LogP contribution >= 0.6 is 0 Å². The lowest BCUT2D eigenvalue weighted by Gasteiger charge is -2.38. The van der Waals surface area contributed by atoms with E-state index in [4.69, 9.17) is 18.9 Å².